The van der Waals surface area contributed by atoms with Gasteiger partial charge in [-0.1, -0.05) is 18.2 Å². The fourth-order valence-electron chi connectivity index (χ4n) is 4.94. The SMILES string of the molecule is COC(=O)c1c(F)ccc2nc(CCNc3ncnc4c3ncn4[C@@H]3CCCCO3)n(-c3ccccc3)c12. The van der Waals surface area contributed by atoms with Crippen molar-refractivity contribution >= 4 is 34.0 Å². The van der Waals surface area contributed by atoms with Gasteiger partial charge in [-0.2, -0.15) is 0 Å². The number of benzene rings is 2. The van der Waals surface area contributed by atoms with Crippen molar-refractivity contribution in [1.29, 1.82) is 0 Å². The minimum absolute atomic E-state index is 0.0771. The molecule has 0 radical (unpaired) electrons. The molecular weight excluding hydrogens is 489 g/mol. The Bertz CT molecular complexity index is 1610. The maximum atomic E-state index is 14.8. The quantitative estimate of drug-likeness (QED) is 0.317. The van der Waals surface area contributed by atoms with Crippen molar-refractivity contribution in [2.24, 2.45) is 0 Å². The Morgan fingerprint density at radius 2 is 2.03 bits per heavy atom. The van der Waals surface area contributed by atoms with Crippen molar-refractivity contribution in [3.05, 3.63) is 72.3 Å². The lowest BCUT2D eigenvalue weighted by molar-refractivity contribution is -0.0298. The van der Waals surface area contributed by atoms with Gasteiger partial charge in [0.25, 0.3) is 0 Å². The summed E-state index contributed by atoms with van der Waals surface area (Å²) in [6, 6.07) is 12.2. The fourth-order valence-corrected chi connectivity index (χ4v) is 4.94. The van der Waals surface area contributed by atoms with E-state index < -0.39 is 11.8 Å². The van der Waals surface area contributed by atoms with E-state index in [1.165, 1.54) is 19.5 Å². The van der Waals surface area contributed by atoms with Crippen molar-refractivity contribution in [2.45, 2.75) is 31.9 Å². The number of rotatable bonds is 7. The zero-order valence-corrected chi connectivity index (χ0v) is 20.8. The number of carbonyl (C=O) groups is 1. The van der Waals surface area contributed by atoms with E-state index in [-0.39, 0.29) is 11.8 Å². The maximum absolute atomic E-state index is 14.8. The zero-order chi connectivity index (χ0) is 26.1. The lowest BCUT2D eigenvalue weighted by atomic mass is 10.1. The smallest absolute Gasteiger partial charge is 0.343 e. The molecule has 0 unspecified atom stereocenters. The Kier molecular flexibility index (Phi) is 6.42. The van der Waals surface area contributed by atoms with Gasteiger partial charge in [0, 0.05) is 25.3 Å². The highest BCUT2D eigenvalue weighted by molar-refractivity contribution is 6.03. The molecule has 1 aliphatic heterocycles. The molecule has 1 saturated heterocycles. The average Bonchev–Trinajstić information content (AvgIpc) is 3.56. The molecule has 1 aliphatic rings. The predicted octanol–water partition coefficient (Wildman–Crippen LogP) is 4.44. The van der Waals surface area contributed by atoms with Crippen LogP contribution < -0.4 is 5.32 Å². The molecule has 38 heavy (non-hydrogen) atoms. The second kappa shape index (κ2) is 10.2. The molecule has 4 heterocycles. The van der Waals surface area contributed by atoms with Gasteiger partial charge in [-0.3, -0.25) is 9.13 Å². The van der Waals surface area contributed by atoms with Crippen LogP contribution in [0.5, 0.6) is 0 Å². The van der Waals surface area contributed by atoms with Gasteiger partial charge in [-0.15, -0.1) is 0 Å². The summed E-state index contributed by atoms with van der Waals surface area (Å²) in [5.41, 5.74) is 2.86. The number of aromatic nitrogens is 6. The van der Waals surface area contributed by atoms with Crippen LogP contribution in [0.3, 0.4) is 0 Å². The highest BCUT2D eigenvalue weighted by Crippen LogP contribution is 2.29. The monoisotopic (exact) mass is 515 g/mol. The summed E-state index contributed by atoms with van der Waals surface area (Å²) < 4.78 is 29.4. The summed E-state index contributed by atoms with van der Waals surface area (Å²) in [6.45, 7) is 1.19. The number of methoxy groups -OCH3 is 1. The predicted molar refractivity (Wildman–Crippen MR) is 139 cm³/mol. The van der Waals surface area contributed by atoms with Crippen LogP contribution in [0.25, 0.3) is 27.9 Å². The topological polar surface area (TPSA) is 109 Å². The molecule has 0 bridgehead atoms. The third kappa shape index (κ3) is 4.24. The minimum Gasteiger partial charge on any atom is -0.465 e. The van der Waals surface area contributed by atoms with E-state index in [0.717, 1.165) is 31.6 Å². The lowest BCUT2D eigenvalue weighted by Crippen LogP contribution is -2.17. The van der Waals surface area contributed by atoms with Crippen molar-refractivity contribution in [1.82, 2.24) is 29.1 Å². The molecule has 6 rings (SSSR count). The van der Waals surface area contributed by atoms with Crippen molar-refractivity contribution < 1.29 is 18.7 Å². The Balaban J connectivity index is 1.32. The van der Waals surface area contributed by atoms with Gasteiger partial charge in [0.2, 0.25) is 0 Å². The number of nitrogens with one attached hydrogen (secondary N) is 1. The number of hydrogen-bond acceptors (Lipinski definition) is 8. The highest BCUT2D eigenvalue weighted by atomic mass is 19.1. The number of nitrogens with zero attached hydrogens (tertiary/aromatic N) is 6. The molecule has 2 aromatic carbocycles. The summed E-state index contributed by atoms with van der Waals surface area (Å²) >= 11 is 0. The summed E-state index contributed by atoms with van der Waals surface area (Å²) in [4.78, 5) is 30.7. The first-order valence-electron chi connectivity index (χ1n) is 12.5. The number of para-hydroxylation sites is 1. The normalized spacial score (nSPS) is 15.7. The second-order valence-corrected chi connectivity index (χ2v) is 9.03. The van der Waals surface area contributed by atoms with Crippen molar-refractivity contribution in [3.63, 3.8) is 0 Å². The van der Waals surface area contributed by atoms with Gasteiger partial charge in [0.05, 0.1) is 24.5 Å². The van der Waals surface area contributed by atoms with E-state index in [9.17, 15) is 9.18 Å². The van der Waals surface area contributed by atoms with Crippen LogP contribution in [0.2, 0.25) is 0 Å². The lowest BCUT2D eigenvalue weighted by Gasteiger charge is -2.23. The van der Waals surface area contributed by atoms with E-state index in [0.29, 0.717) is 46.8 Å². The van der Waals surface area contributed by atoms with E-state index in [2.05, 4.69) is 20.3 Å². The minimum atomic E-state index is -0.754. The van der Waals surface area contributed by atoms with E-state index in [4.69, 9.17) is 14.5 Å². The molecule has 1 atom stereocenters. The summed E-state index contributed by atoms with van der Waals surface area (Å²) in [7, 11) is 1.23. The molecular formula is C27H26FN7O3. The number of ether oxygens (including phenoxy) is 2. The number of imidazole rings is 2. The molecule has 5 aromatic rings. The van der Waals surface area contributed by atoms with Gasteiger partial charge in [-0.25, -0.2) is 29.1 Å². The molecule has 0 amide bonds. The molecule has 0 spiro atoms. The number of halogens is 1. The number of anilines is 1. The Morgan fingerprint density at radius 3 is 2.82 bits per heavy atom. The first-order valence-corrected chi connectivity index (χ1v) is 12.5. The summed E-state index contributed by atoms with van der Waals surface area (Å²) in [6.07, 6.45) is 6.73. The van der Waals surface area contributed by atoms with Crippen LogP contribution in [0.1, 0.15) is 41.7 Å². The molecule has 0 aliphatic carbocycles. The van der Waals surface area contributed by atoms with Crippen LogP contribution in [0, 0.1) is 5.82 Å². The summed E-state index contributed by atoms with van der Waals surface area (Å²) in [5, 5.41) is 3.35. The number of esters is 1. The van der Waals surface area contributed by atoms with Crippen molar-refractivity contribution in [2.75, 3.05) is 25.6 Å². The largest absolute Gasteiger partial charge is 0.465 e. The van der Waals surface area contributed by atoms with Crippen LogP contribution >= 0.6 is 0 Å². The first kappa shape index (κ1) is 24.0. The van der Waals surface area contributed by atoms with E-state index >= 15 is 0 Å². The van der Waals surface area contributed by atoms with Gasteiger partial charge in [0.15, 0.2) is 17.0 Å². The third-order valence-corrected chi connectivity index (χ3v) is 6.71. The Hall–Kier alpha value is -4.38. The molecule has 11 heteroatoms. The average molecular weight is 516 g/mol. The third-order valence-electron chi connectivity index (χ3n) is 6.71. The number of fused-ring (bicyclic) bond motifs is 2. The van der Waals surface area contributed by atoms with Crippen LogP contribution in [-0.4, -0.2) is 55.3 Å². The molecule has 1 fully saturated rings. The van der Waals surface area contributed by atoms with Gasteiger partial charge < -0.3 is 14.8 Å². The van der Waals surface area contributed by atoms with Crippen LogP contribution in [-0.2, 0) is 15.9 Å². The Labute approximate surface area is 217 Å². The molecule has 10 nitrogen and oxygen atoms in total. The maximum Gasteiger partial charge on any atom is 0.343 e. The molecule has 194 valence electrons. The van der Waals surface area contributed by atoms with Gasteiger partial charge in [-0.05, 0) is 43.5 Å². The number of hydrogen-bond donors (Lipinski definition) is 1. The molecule has 3 aromatic heterocycles. The van der Waals surface area contributed by atoms with E-state index in [1.807, 2.05) is 34.9 Å². The first-order chi connectivity index (χ1) is 18.7. The zero-order valence-electron chi connectivity index (χ0n) is 20.8. The fraction of sp³-hybridized carbons (Fsp3) is 0.296. The van der Waals surface area contributed by atoms with Gasteiger partial charge >= 0.3 is 5.97 Å². The number of carbonyl (C=O) groups excluding carboxylic acids is 1. The Morgan fingerprint density at radius 1 is 1.16 bits per heavy atom. The summed E-state index contributed by atoms with van der Waals surface area (Å²) in [5.74, 6) is -0.156. The standard InChI is InChI=1S/C27H26FN7O3/c1-37-27(36)22-18(28)10-11-19-24(22)35(17-7-3-2-4-8-17)20(33-19)12-13-29-25-23-26(31-15-30-25)34(16-32-23)21-9-5-6-14-38-21/h2-4,7-8,10-11,15-16,21H,5-6,9,12-14H2,1H3,(H,29,30,31)/t21-/m0/s1. The molecule has 0 saturated carbocycles. The van der Waals surface area contributed by atoms with Crippen molar-refractivity contribution in [3.8, 4) is 5.69 Å². The van der Waals surface area contributed by atoms with Crippen LogP contribution in [0.4, 0.5) is 10.2 Å². The van der Waals surface area contributed by atoms with Crippen LogP contribution in [0.15, 0.2) is 55.1 Å². The van der Waals surface area contributed by atoms with E-state index in [1.54, 1.807) is 17.0 Å². The molecule has 1 N–H and O–H groups in total. The second-order valence-electron chi connectivity index (χ2n) is 9.03. The van der Waals surface area contributed by atoms with Gasteiger partial charge in [0.1, 0.15) is 29.8 Å². The highest BCUT2D eigenvalue weighted by Gasteiger charge is 2.24.